The van der Waals surface area contributed by atoms with Crippen LogP contribution in [0.3, 0.4) is 0 Å². The molecule has 0 saturated heterocycles. The van der Waals surface area contributed by atoms with E-state index in [2.05, 4.69) is 44.2 Å². The number of thiophene rings is 3. The molecule has 0 aliphatic rings. The molecule has 0 atom stereocenters. The molecule has 0 unspecified atom stereocenters. The summed E-state index contributed by atoms with van der Waals surface area (Å²) in [6, 6.07) is 4.33. The normalized spacial score (nSPS) is 11.3. The van der Waals surface area contributed by atoms with E-state index in [-0.39, 0.29) is 0 Å². The molecular weight excluding hydrogens is 308 g/mol. The molecule has 0 amide bonds. The van der Waals surface area contributed by atoms with Crippen molar-refractivity contribution in [3.05, 3.63) is 43.2 Å². The van der Waals surface area contributed by atoms with Gasteiger partial charge in [0.25, 0.3) is 0 Å². The van der Waals surface area contributed by atoms with E-state index < -0.39 is 0 Å². The van der Waals surface area contributed by atoms with E-state index in [0.29, 0.717) is 0 Å². The lowest BCUT2D eigenvalue weighted by molar-refractivity contribution is 1.28. The highest BCUT2D eigenvalue weighted by molar-refractivity contribution is 9.10. The Labute approximate surface area is 108 Å². The Hall–Kier alpha value is -0.160. The Kier molecular flexibility index (Phi) is 2.68. The van der Waals surface area contributed by atoms with Gasteiger partial charge < -0.3 is 0 Å². The second-order valence-corrected chi connectivity index (χ2v) is 6.93. The van der Waals surface area contributed by atoms with Crippen molar-refractivity contribution in [1.29, 1.82) is 0 Å². The van der Waals surface area contributed by atoms with Crippen molar-refractivity contribution in [1.82, 2.24) is 0 Å². The molecule has 0 spiro atoms. The first kappa shape index (κ1) is 10.0. The minimum Gasteiger partial charge on any atom is -0.147 e. The lowest BCUT2D eigenvalue weighted by Crippen LogP contribution is -1.81. The Bertz CT molecular complexity index is 588. The minimum absolute atomic E-state index is 1.05. The fourth-order valence-corrected chi connectivity index (χ4v) is 5.19. The first-order valence-corrected chi connectivity index (χ1v) is 7.93. The van der Waals surface area contributed by atoms with Crippen molar-refractivity contribution in [3.8, 4) is 0 Å². The van der Waals surface area contributed by atoms with E-state index in [1.807, 2.05) is 34.0 Å². The monoisotopic (exact) mass is 314 g/mol. The number of halogens is 1. The highest BCUT2D eigenvalue weighted by Gasteiger charge is 2.08. The predicted octanol–water partition coefficient (Wildman–Crippen LogP) is 5.38. The second kappa shape index (κ2) is 4.01. The maximum Gasteiger partial charge on any atom is 0.0486 e. The second-order valence-electron chi connectivity index (χ2n) is 3.24. The van der Waals surface area contributed by atoms with E-state index in [1.165, 1.54) is 24.3 Å². The number of rotatable bonds is 2. The molecule has 0 radical (unpaired) electrons. The maximum atomic E-state index is 3.58. The molecule has 0 nitrogen and oxygen atoms in total. The van der Waals surface area contributed by atoms with Gasteiger partial charge in [-0.15, -0.1) is 34.0 Å². The van der Waals surface area contributed by atoms with Crippen molar-refractivity contribution in [2.45, 2.75) is 6.42 Å². The summed E-state index contributed by atoms with van der Waals surface area (Å²) in [5.41, 5.74) is 1.47. The van der Waals surface area contributed by atoms with Crippen LogP contribution in [0.15, 0.2) is 32.7 Å². The van der Waals surface area contributed by atoms with Crippen LogP contribution in [0.1, 0.15) is 10.4 Å². The first-order chi connectivity index (χ1) is 7.34. The number of hydrogen-bond donors (Lipinski definition) is 0. The summed E-state index contributed by atoms with van der Waals surface area (Å²) in [6.07, 6.45) is 1.05. The molecule has 0 N–H and O–H groups in total. The van der Waals surface area contributed by atoms with Crippen LogP contribution in [-0.4, -0.2) is 0 Å². The highest BCUT2D eigenvalue weighted by Crippen LogP contribution is 2.34. The third-order valence-electron chi connectivity index (χ3n) is 2.29. The van der Waals surface area contributed by atoms with Crippen molar-refractivity contribution in [2.24, 2.45) is 0 Å². The van der Waals surface area contributed by atoms with Gasteiger partial charge in [0.15, 0.2) is 0 Å². The Balaban J connectivity index is 2.02. The van der Waals surface area contributed by atoms with Crippen molar-refractivity contribution < 1.29 is 0 Å². The van der Waals surface area contributed by atoms with Gasteiger partial charge in [-0.25, -0.2) is 0 Å². The molecule has 4 heteroatoms. The van der Waals surface area contributed by atoms with Crippen LogP contribution < -0.4 is 0 Å². The van der Waals surface area contributed by atoms with Gasteiger partial charge in [0, 0.05) is 25.2 Å². The van der Waals surface area contributed by atoms with Crippen LogP contribution in [0.4, 0.5) is 0 Å². The summed E-state index contributed by atoms with van der Waals surface area (Å²) in [4.78, 5) is 1.42. The van der Waals surface area contributed by atoms with Gasteiger partial charge in [0.2, 0.25) is 0 Å². The lowest BCUT2D eigenvalue weighted by Gasteiger charge is -1.95. The minimum atomic E-state index is 1.05. The molecular formula is C11H7BrS3. The molecule has 76 valence electrons. The zero-order chi connectivity index (χ0) is 10.3. The van der Waals surface area contributed by atoms with Crippen LogP contribution in [-0.2, 0) is 6.42 Å². The third kappa shape index (κ3) is 1.80. The molecule has 0 aliphatic heterocycles. The van der Waals surface area contributed by atoms with Gasteiger partial charge >= 0.3 is 0 Å². The van der Waals surface area contributed by atoms with Crippen LogP contribution in [0.2, 0.25) is 0 Å². The van der Waals surface area contributed by atoms with E-state index in [0.717, 1.165) is 6.42 Å². The topological polar surface area (TPSA) is 0 Å². The van der Waals surface area contributed by atoms with Crippen LogP contribution in [0.5, 0.6) is 0 Å². The van der Waals surface area contributed by atoms with Gasteiger partial charge in [0.1, 0.15) is 0 Å². The Morgan fingerprint density at radius 2 is 1.93 bits per heavy atom. The van der Waals surface area contributed by atoms with Gasteiger partial charge in [-0.3, -0.25) is 0 Å². The molecule has 0 saturated carbocycles. The molecule has 0 aromatic carbocycles. The van der Waals surface area contributed by atoms with Gasteiger partial charge in [-0.2, -0.15) is 0 Å². The fraction of sp³-hybridized carbons (Fsp3) is 0.0909. The highest BCUT2D eigenvalue weighted by atomic mass is 79.9. The molecule has 0 fully saturated rings. The zero-order valence-electron chi connectivity index (χ0n) is 7.70. The Morgan fingerprint density at radius 1 is 1.07 bits per heavy atom. The van der Waals surface area contributed by atoms with Crippen LogP contribution >= 0.6 is 49.9 Å². The molecule has 0 aliphatic carbocycles. The summed E-state index contributed by atoms with van der Waals surface area (Å²) in [6.45, 7) is 0. The molecule has 3 aromatic heterocycles. The average Bonchev–Trinajstić information content (AvgIpc) is 2.86. The zero-order valence-corrected chi connectivity index (χ0v) is 11.7. The fourth-order valence-electron chi connectivity index (χ4n) is 1.56. The predicted molar refractivity (Wildman–Crippen MR) is 74.5 cm³/mol. The number of hydrogen-bond acceptors (Lipinski definition) is 3. The van der Waals surface area contributed by atoms with Crippen molar-refractivity contribution in [3.63, 3.8) is 0 Å². The Morgan fingerprint density at radius 3 is 2.73 bits per heavy atom. The largest absolute Gasteiger partial charge is 0.147 e. The molecule has 3 rings (SSSR count). The molecule has 0 bridgehead atoms. The summed E-state index contributed by atoms with van der Waals surface area (Å²) in [5.74, 6) is 0. The standard InChI is InChI=1S/C11H7BrS3/c12-8-1-3-13-10(8)5-7-6-15-9-2-4-14-11(7)9/h1-4,6H,5H2. The summed E-state index contributed by atoms with van der Waals surface area (Å²) in [7, 11) is 0. The van der Waals surface area contributed by atoms with Crippen LogP contribution in [0.25, 0.3) is 9.40 Å². The van der Waals surface area contributed by atoms with Crippen molar-refractivity contribution in [2.75, 3.05) is 0 Å². The SMILES string of the molecule is Brc1ccsc1Cc1csc2ccsc12. The lowest BCUT2D eigenvalue weighted by atomic mass is 10.2. The van der Waals surface area contributed by atoms with E-state index in [1.54, 1.807) is 0 Å². The van der Waals surface area contributed by atoms with Crippen molar-refractivity contribution >= 4 is 59.3 Å². The summed E-state index contributed by atoms with van der Waals surface area (Å²) >= 11 is 9.10. The molecule has 3 heterocycles. The van der Waals surface area contributed by atoms with Gasteiger partial charge in [0.05, 0.1) is 0 Å². The molecule has 15 heavy (non-hydrogen) atoms. The molecule has 3 aromatic rings. The van der Waals surface area contributed by atoms with E-state index in [9.17, 15) is 0 Å². The number of fused-ring (bicyclic) bond motifs is 1. The summed E-state index contributed by atoms with van der Waals surface area (Å²) < 4.78 is 4.12. The smallest absolute Gasteiger partial charge is 0.0486 e. The third-order valence-corrected chi connectivity index (χ3v) is 6.33. The average molecular weight is 315 g/mol. The van der Waals surface area contributed by atoms with E-state index in [4.69, 9.17) is 0 Å². The van der Waals surface area contributed by atoms with Gasteiger partial charge in [-0.1, -0.05) is 0 Å². The summed E-state index contributed by atoms with van der Waals surface area (Å²) in [5, 5.41) is 6.60. The van der Waals surface area contributed by atoms with E-state index >= 15 is 0 Å². The quantitative estimate of drug-likeness (QED) is 0.596. The first-order valence-electron chi connectivity index (χ1n) is 4.50. The van der Waals surface area contributed by atoms with Gasteiger partial charge in [-0.05, 0) is 49.8 Å². The maximum absolute atomic E-state index is 3.58. The van der Waals surface area contributed by atoms with Crippen LogP contribution in [0, 0.1) is 0 Å².